The van der Waals surface area contributed by atoms with E-state index in [0.29, 0.717) is 0 Å². The van der Waals surface area contributed by atoms with E-state index in [2.05, 4.69) is 17.4 Å². The highest BCUT2D eigenvalue weighted by Crippen LogP contribution is 2.25. The number of hydrogen-bond acceptors (Lipinski definition) is 1. The summed E-state index contributed by atoms with van der Waals surface area (Å²) in [5.41, 5.74) is 1.56. The van der Waals surface area contributed by atoms with Crippen molar-refractivity contribution >= 4 is 6.21 Å². The van der Waals surface area contributed by atoms with Crippen LogP contribution >= 0.6 is 0 Å². The quantitative estimate of drug-likeness (QED) is 0.570. The van der Waals surface area contributed by atoms with Crippen molar-refractivity contribution in [3.63, 3.8) is 0 Å². The van der Waals surface area contributed by atoms with Gasteiger partial charge in [-0.1, -0.05) is 18.4 Å². The van der Waals surface area contributed by atoms with E-state index in [1.807, 2.05) is 0 Å². The highest BCUT2D eigenvalue weighted by atomic mass is 14.7. The van der Waals surface area contributed by atoms with Crippen molar-refractivity contribution in [3.8, 4) is 0 Å². The average molecular weight is 177 g/mol. The fourth-order valence-corrected chi connectivity index (χ4v) is 2.33. The first-order valence-corrected chi connectivity index (χ1v) is 5.66. The van der Waals surface area contributed by atoms with Crippen molar-refractivity contribution in [2.24, 2.45) is 10.9 Å². The van der Waals surface area contributed by atoms with Gasteiger partial charge >= 0.3 is 0 Å². The molecule has 0 N–H and O–H groups in total. The summed E-state index contributed by atoms with van der Waals surface area (Å²) < 4.78 is 0. The topological polar surface area (TPSA) is 12.4 Å². The highest BCUT2D eigenvalue weighted by Gasteiger charge is 2.11. The summed E-state index contributed by atoms with van der Waals surface area (Å²) >= 11 is 0. The van der Waals surface area contributed by atoms with Crippen LogP contribution in [0.25, 0.3) is 0 Å². The minimum absolute atomic E-state index is 0.790. The van der Waals surface area contributed by atoms with E-state index >= 15 is 0 Å². The van der Waals surface area contributed by atoms with Crippen LogP contribution in [-0.2, 0) is 0 Å². The molecule has 0 heterocycles. The van der Waals surface area contributed by atoms with Crippen LogP contribution in [0.3, 0.4) is 0 Å². The Balaban J connectivity index is 1.79. The van der Waals surface area contributed by atoms with Crippen molar-refractivity contribution in [3.05, 3.63) is 11.8 Å². The van der Waals surface area contributed by atoms with Gasteiger partial charge in [0.05, 0.1) is 0 Å². The molecule has 2 aliphatic rings. The lowest BCUT2D eigenvalue weighted by molar-refractivity contribution is 0.744. The van der Waals surface area contributed by atoms with E-state index in [0.717, 1.165) is 5.92 Å². The van der Waals surface area contributed by atoms with Crippen LogP contribution in [0.1, 0.15) is 51.4 Å². The maximum absolute atomic E-state index is 4.45. The van der Waals surface area contributed by atoms with Crippen LogP contribution in [0.2, 0.25) is 0 Å². The zero-order chi connectivity index (χ0) is 8.93. The molecule has 0 bridgehead atoms. The number of hydrogen-bond donors (Lipinski definition) is 0. The number of nitrogens with zero attached hydrogens (tertiary/aromatic N) is 1. The predicted molar refractivity (Wildman–Crippen MR) is 57.0 cm³/mol. The Morgan fingerprint density at radius 1 is 1.00 bits per heavy atom. The molecule has 2 saturated carbocycles. The second-order valence-electron chi connectivity index (χ2n) is 4.34. The molecule has 13 heavy (non-hydrogen) atoms. The SMILES string of the molecule is C(=NC=C1CCCC1)C1CCCC1. The fraction of sp³-hybridized carbons (Fsp3) is 0.750. The molecule has 0 aromatic rings. The van der Waals surface area contributed by atoms with Crippen molar-refractivity contribution in [2.45, 2.75) is 51.4 Å². The molecule has 2 aliphatic carbocycles. The molecule has 0 aromatic heterocycles. The molecule has 0 radical (unpaired) electrons. The van der Waals surface area contributed by atoms with Crippen molar-refractivity contribution in [1.82, 2.24) is 0 Å². The highest BCUT2D eigenvalue weighted by molar-refractivity contribution is 5.61. The molecular formula is C12H19N. The van der Waals surface area contributed by atoms with Gasteiger partial charge < -0.3 is 0 Å². The minimum Gasteiger partial charge on any atom is -0.269 e. The molecule has 0 saturated heterocycles. The molecule has 0 spiro atoms. The van der Waals surface area contributed by atoms with Gasteiger partial charge in [-0.2, -0.15) is 0 Å². The summed E-state index contributed by atoms with van der Waals surface area (Å²) in [5.74, 6) is 0.790. The Morgan fingerprint density at radius 3 is 2.38 bits per heavy atom. The van der Waals surface area contributed by atoms with Crippen LogP contribution < -0.4 is 0 Å². The minimum atomic E-state index is 0.790. The first kappa shape index (κ1) is 8.98. The summed E-state index contributed by atoms with van der Waals surface area (Å²) in [6, 6.07) is 0. The van der Waals surface area contributed by atoms with E-state index in [-0.39, 0.29) is 0 Å². The van der Waals surface area contributed by atoms with Gasteiger partial charge in [-0.25, -0.2) is 0 Å². The molecule has 2 fully saturated rings. The smallest absolute Gasteiger partial charge is 0.0255 e. The summed E-state index contributed by atoms with van der Waals surface area (Å²) in [6.07, 6.45) is 15.2. The summed E-state index contributed by atoms with van der Waals surface area (Å²) in [4.78, 5) is 4.45. The molecule has 0 atom stereocenters. The zero-order valence-electron chi connectivity index (χ0n) is 8.34. The zero-order valence-corrected chi connectivity index (χ0v) is 8.34. The van der Waals surface area contributed by atoms with E-state index in [1.54, 1.807) is 5.57 Å². The van der Waals surface area contributed by atoms with Crippen molar-refractivity contribution in [2.75, 3.05) is 0 Å². The summed E-state index contributed by atoms with van der Waals surface area (Å²) in [7, 11) is 0. The lowest BCUT2D eigenvalue weighted by Gasteiger charge is -1.97. The van der Waals surface area contributed by atoms with Gasteiger partial charge in [0.1, 0.15) is 0 Å². The molecule has 1 heteroatoms. The first-order valence-electron chi connectivity index (χ1n) is 5.66. The van der Waals surface area contributed by atoms with Gasteiger partial charge in [0.2, 0.25) is 0 Å². The number of rotatable bonds is 2. The van der Waals surface area contributed by atoms with E-state index in [1.165, 1.54) is 51.4 Å². The molecule has 0 aromatic carbocycles. The molecular weight excluding hydrogens is 158 g/mol. The monoisotopic (exact) mass is 177 g/mol. The predicted octanol–water partition coefficient (Wildman–Crippen LogP) is 3.71. The maximum Gasteiger partial charge on any atom is 0.0255 e. The van der Waals surface area contributed by atoms with Crippen LogP contribution in [0, 0.1) is 5.92 Å². The summed E-state index contributed by atoms with van der Waals surface area (Å²) in [6.45, 7) is 0. The van der Waals surface area contributed by atoms with Gasteiger partial charge in [-0.05, 0) is 44.4 Å². The van der Waals surface area contributed by atoms with Crippen LogP contribution in [-0.4, -0.2) is 6.21 Å². The summed E-state index contributed by atoms with van der Waals surface area (Å²) in [5, 5.41) is 0. The Kier molecular flexibility index (Phi) is 3.17. The third-order valence-electron chi connectivity index (χ3n) is 3.20. The second kappa shape index (κ2) is 4.59. The third kappa shape index (κ3) is 2.68. The van der Waals surface area contributed by atoms with Crippen molar-refractivity contribution in [1.29, 1.82) is 0 Å². The van der Waals surface area contributed by atoms with Crippen LogP contribution in [0.5, 0.6) is 0 Å². The molecule has 72 valence electrons. The van der Waals surface area contributed by atoms with Crippen LogP contribution in [0.15, 0.2) is 16.8 Å². The Hall–Kier alpha value is -0.590. The Labute approximate surface area is 80.9 Å². The van der Waals surface area contributed by atoms with Gasteiger partial charge in [-0.15, -0.1) is 0 Å². The Bertz CT molecular complexity index is 201. The van der Waals surface area contributed by atoms with Crippen LogP contribution in [0.4, 0.5) is 0 Å². The van der Waals surface area contributed by atoms with Gasteiger partial charge in [0.25, 0.3) is 0 Å². The number of aliphatic imine (C=N–C) groups is 1. The van der Waals surface area contributed by atoms with E-state index in [4.69, 9.17) is 0 Å². The first-order chi connectivity index (χ1) is 6.45. The van der Waals surface area contributed by atoms with Gasteiger partial charge in [0.15, 0.2) is 0 Å². The molecule has 2 rings (SSSR count). The van der Waals surface area contributed by atoms with Gasteiger partial charge in [-0.3, -0.25) is 4.99 Å². The third-order valence-corrected chi connectivity index (χ3v) is 3.20. The maximum atomic E-state index is 4.45. The molecule has 1 nitrogen and oxygen atoms in total. The van der Waals surface area contributed by atoms with Gasteiger partial charge in [0, 0.05) is 12.4 Å². The second-order valence-corrected chi connectivity index (χ2v) is 4.34. The standard InChI is InChI=1S/C12H19N/c1-2-6-11(5-1)9-13-10-12-7-3-4-8-12/h9-11H,1-8H2. The fourth-order valence-electron chi connectivity index (χ4n) is 2.33. The van der Waals surface area contributed by atoms with E-state index < -0.39 is 0 Å². The van der Waals surface area contributed by atoms with Crippen molar-refractivity contribution < 1.29 is 0 Å². The van der Waals surface area contributed by atoms with E-state index in [9.17, 15) is 0 Å². The lowest BCUT2D eigenvalue weighted by Crippen LogP contribution is -1.92. The molecule has 0 aliphatic heterocycles. The Morgan fingerprint density at radius 2 is 1.69 bits per heavy atom. The molecule has 0 unspecified atom stereocenters. The lowest BCUT2D eigenvalue weighted by atomic mass is 10.1. The molecule has 0 amide bonds. The number of allylic oxidation sites excluding steroid dienone is 1. The average Bonchev–Trinajstić information content (AvgIpc) is 2.75. The normalized spacial score (nSPS) is 24.8. The largest absolute Gasteiger partial charge is 0.269 e.